The number of benzene rings is 1. The predicted octanol–water partition coefficient (Wildman–Crippen LogP) is 4.50. The molecular weight excluding hydrogens is 347 g/mol. The molecule has 1 aromatic carbocycles. The average Bonchev–Trinajstić information content (AvgIpc) is 2.96. The first-order valence-corrected chi connectivity index (χ1v) is 8.82. The Bertz CT molecular complexity index is 709. The van der Waals surface area contributed by atoms with Crippen LogP contribution in [0.4, 0.5) is 18.0 Å². The molecule has 1 amide bonds. The van der Waals surface area contributed by atoms with E-state index in [2.05, 4.69) is 0 Å². The molecule has 7 heteroatoms. The molecule has 0 saturated carbocycles. The summed E-state index contributed by atoms with van der Waals surface area (Å²) in [5, 5.41) is 0. The number of rotatable bonds is 1. The third-order valence-electron chi connectivity index (χ3n) is 4.82. The van der Waals surface area contributed by atoms with E-state index in [-0.39, 0.29) is 24.2 Å². The molecule has 0 N–H and O–H groups in total. The van der Waals surface area contributed by atoms with Gasteiger partial charge in [-0.15, -0.1) is 0 Å². The van der Waals surface area contributed by atoms with E-state index in [1.54, 1.807) is 20.8 Å². The zero-order valence-electron chi connectivity index (χ0n) is 15.4. The van der Waals surface area contributed by atoms with Crippen LogP contribution in [0, 0.1) is 0 Å². The molecular formula is C19H24F3NO3. The second-order valence-corrected chi connectivity index (χ2v) is 7.90. The molecule has 4 nitrogen and oxygen atoms in total. The summed E-state index contributed by atoms with van der Waals surface area (Å²) < 4.78 is 51.5. The Balaban J connectivity index is 1.92. The maximum atomic E-state index is 13.5. The molecule has 1 aromatic rings. The van der Waals surface area contributed by atoms with Crippen molar-refractivity contribution in [3.8, 4) is 0 Å². The second-order valence-electron chi connectivity index (χ2n) is 7.90. The molecule has 0 bridgehead atoms. The van der Waals surface area contributed by atoms with Crippen molar-refractivity contribution >= 4 is 6.09 Å². The van der Waals surface area contributed by atoms with Crippen molar-refractivity contribution in [1.29, 1.82) is 0 Å². The molecule has 1 fully saturated rings. The molecule has 0 unspecified atom stereocenters. The predicted molar refractivity (Wildman–Crippen MR) is 89.9 cm³/mol. The van der Waals surface area contributed by atoms with Crippen LogP contribution in [-0.4, -0.2) is 35.8 Å². The van der Waals surface area contributed by atoms with Gasteiger partial charge < -0.3 is 14.4 Å². The first-order chi connectivity index (χ1) is 12.0. The number of halogens is 3. The zero-order chi connectivity index (χ0) is 19.3. The average molecular weight is 371 g/mol. The van der Waals surface area contributed by atoms with E-state index in [1.807, 2.05) is 13.0 Å². The number of likely N-dealkylation sites (tertiary alicyclic amines) is 1. The lowest BCUT2D eigenvalue weighted by molar-refractivity contribution is -0.139. The van der Waals surface area contributed by atoms with E-state index >= 15 is 0 Å². The number of ether oxygens (including phenoxy) is 2. The van der Waals surface area contributed by atoms with Gasteiger partial charge in [0.25, 0.3) is 0 Å². The van der Waals surface area contributed by atoms with Gasteiger partial charge in [0.15, 0.2) is 0 Å². The number of nitrogens with zero attached hydrogens (tertiary/aromatic N) is 1. The summed E-state index contributed by atoms with van der Waals surface area (Å²) >= 11 is 0. The van der Waals surface area contributed by atoms with Gasteiger partial charge in [-0.05, 0) is 49.9 Å². The fourth-order valence-corrected chi connectivity index (χ4v) is 3.61. The normalized spacial score (nSPS) is 22.8. The maximum absolute atomic E-state index is 13.5. The van der Waals surface area contributed by atoms with E-state index < -0.39 is 23.4 Å². The van der Waals surface area contributed by atoms with E-state index in [0.717, 1.165) is 0 Å². The SMILES string of the molecule is CCc1cc2c(c(C(F)(F)F)c1)CO[C@H]1CN(C(=O)OC(C)(C)C)C[C@@H]21. The molecule has 2 aliphatic heterocycles. The van der Waals surface area contributed by atoms with Gasteiger partial charge in [-0.25, -0.2) is 4.79 Å². The summed E-state index contributed by atoms with van der Waals surface area (Å²) in [6, 6.07) is 3.05. The van der Waals surface area contributed by atoms with Crippen molar-refractivity contribution in [2.75, 3.05) is 13.1 Å². The second kappa shape index (κ2) is 6.44. The minimum atomic E-state index is -4.42. The van der Waals surface area contributed by atoms with Gasteiger partial charge in [0.05, 0.1) is 24.8 Å². The Morgan fingerprint density at radius 1 is 1.27 bits per heavy atom. The monoisotopic (exact) mass is 371 g/mol. The van der Waals surface area contributed by atoms with Crippen molar-refractivity contribution in [3.05, 3.63) is 34.4 Å². The van der Waals surface area contributed by atoms with Crippen LogP contribution in [0.15, 0.2) is 12.1 Å². The van der Waals surface area contributed by atoms with E-state index in [0.29, 0.717) is 30.6 Å². The van der Waals surface area contributed by atoms with Gasteiger partial charge in [-0.1, -0.05) is 13.0 Å². The number of alkyl halides is 3. The Labute approximate surface area is 151 Å². The Morgan fingerprint density at radius 2 is 1.96 bits per heavy atom. The highest BCUT2D eigenvalue weighted by atomic mass is 19.4. The Kier molecular flexibility index (Phi) is 4.71. The van der Waals surface area contributed by atoms with Crippen LogP contribution >= 0.6 is 0 Å². The van der Waals surface area contributed by atoms with Crippen LogP contribution in [0.1, 0.15) is 55.9 Å². The smallest absolute Gasteiger partial charge is 0.416 e. The number of amides is 1. The van der Waals surface area contributed by atoms with Gasteiger partial charge in [-0.2, -0.15) is 13.2 Å². The number of fused-ring (bicyclic) bond motifs is 3. The summed E-state index contributed by atoms with van der Waals surface area (Å²) in [4.78, 5) is 13.9. The summed E-state index contributed by atoms with van der Waals surface area (Å²) in [6.45, 7) is 7.72. The largest absolute Gasteiger partial charge is 0.444 e. The minimum Gasteiger partial charge on any atom is -0.444 e. The number of hydrogen-bond acceptors (Lipinski definition) is 3. The molecule has 26 heavy (non-hydrogen) atoms. The third-order valence-corrected chi connectivity index (χ3v) is 4.82. The quantitative estimate of drug-likeness (QED) is 0.730. The van der Waals surface area contributed by atoms with Gasteiger partial charge in [-0.3, -0.25) is 0 Å². The molecule has 3 rings (SSSR count). The molecule has 0 aromatic heterocycles. The van der Waals surface area contributed by atoms with Gasteiger partial charge >= 0.3 is 12.3 Å². The van der Waals surface area contributed by atoms with E-state index in [1.165, 1.54) is 11.0 Å². The molecule has 0 radical (unpaired) electrons. The molecule has 2 atom stereocenters. The molecule has 2 aliphatic rings. The molecule has 2 heterocycles. The number of hydrogen-bond donors (Lipinski definition) is 0. The maximum Gasteiger partial charge on any atom is 0.416 e. The van der Waals surface area contributed by atoms with Crippen LogP contribution in [0.25, 0.3) is 0 Å². The van der Waals surface area contributed by atoms with Crippen molar-refractivity contribution in [2.45, 2.75) is 64.5 Å². The minimum absolute atomic E-state index is 0.0858. The van der Waals surface area contributed by atoms with Crippen molar-refractivity contribution in [1.82, 2.24) is 4.90 Å². The van der Waals surface area contributed by atoms with Crippen LogP contribution in [-0.2, 0) is 28.7 Å². The summed E-state index contributed by atoms with van der Waals surface area (Å²) in [5.41, 5.74) is 0.247. The number of carbonyl (C=O) groups is 1. The fraction of sp³-hybridized carbons (Fsp3) is 0.632. The molecule has 0 spiro atoms. The first-order valence-electron chi connectivity index (χ1n) is 8.82. The van der Waals surface area contributed by atoms with Crippen molar-refractivity contribution in [2.24, 2.45) is 0 Å². The fourth-order valence-electron chi connectivity index (χ4n) is 3.61. The van der Waals surface area contributed by atoms with Crippen LogP contribution < -0.4 is 0 Å². The lowest BCUT2D eigenvalue weighted by Gasteiger charge is -2.30. The highest BCUT2D eigenvalue weighted by Gasteiger charge is 2.45. The lowest BCUT2D eigenvalue weighted by Crippen LogP contribution is -2.36. The standard InChI is InChI=1S/C19H24F3NO3/c1-5-11-6-12-13-8-23(17(24)26-18(2,3)4)9-16(13)25-10-14(12)15(7-11)19(20,21)22/h6-7,13,16H,5,8-10H2,1-4H3/t13-,16-/m0/s1. The lowest BCUT2D eigenvalue weighted by atomic mass is 9.85. The third kappa shape index (κ3) is 3.68. The summed E-state index contributed by atoms with van der Waals surface area (Å²) in [7, 11) is 0. The van der Waals surface area contributed by atoms with Crippen LogP contribution in [0.2, 0.25) is 0 Å². The Morgan fingerprint density at radius 3 is 2.54 bits per heavy atom. The summed E-state index contributed by atoms with van der Waals surface area (Å²) in [6.07, 6.45) is -4.66. The Hall–Kier alpha value is -1.76. The molecule has 1 saturated heterocycles. The zero-order valence-corrected chi connectivity index (χ0v) is 15.4. The van der Waals surface area contributed by atoms with Crippen molar-refractivity contribution in [3.63, 3.8) is 0 Å². The molecule has 144 valence electrons. The highest BCUT2D eigenvalue weighted by Crippen LogP contribution is 2.43. The van der Waals surface area contributed by atoms with E-state index in [9.17, 15) is 18.0 Å². The van der Waals surface area contributed by atoms with Crippen molar-refractivity contribution < 1.29 is 27.4 Å². The van der Waals surface area contributed by atoms with Gasteiger partial charge in [0, 0.05) is 12.5 Å². The van der Waals surface area contributed by atoms with E-state index in [4.69, 9.17) is 9.47 Å². The molecule has 0 aliphatic carbocycles. The first kappa shape index (κ1) is 19.0. The van der Waals surface area contributed by atoms with Gasteiger partial charge in [0.1, 0.15) is 5.60 Å². The number of aryl methyl sites for hydroxylation is 1. The van der Waals surface area contributed by atoms with Crippen LogP contribution in [0.5, 0.6) is 0 Å². The highest BCUT2D eigenvalue weighted by molar-refractivity contribution is 5.69. The van der Waals surface area contributed by atoms with Gasteiger partial charge in [0.2, 0.25) is 0 Å². The van der Waals surface area contributed by atoms with Crippen LogP contribution in [0.3, 0.4) is 0 Å². The summed E-state index contributed by atoms with van der Waals surface area (Å²) in [5.74, 6) is -0.265. The topological polar surface area (TPSA) is 38.8 Å². The number of carbonyl (C=O) groups excluding carboxylic acids is 1.